The zero-order chi connectivity index (χ0) is 20.5. The third-order valence-corrected chi connectivity index (χ3v) is 6.15. The van der Waals surface area contributed by atoms with E-state index in [1.54, 1.807) is 19.1 Å². The molecular weight excluding hydrogens is 374 g/mol. The molecule has 1 aromatic carbocycles. The van der Waals surface area contributed by atoms with Gasteiger partial charge in [0.05, 0.1) is 14.2 Å². The van der Waals surface area contributed by atoms with Crippen LogP contribution in [0.3, 0.4) is 0 Å². The number of carbonyl (C=O) groups excluding carboxylic acids is 3. The number of nitrogens with one attached hydrogen (secondary N) is 1. The summed E-state index contributed by atoms with van der Waals surface area (Å²) < 4.78 is 10.7. The van der Waals surface area contributed by atoms with E-state index in [0.717, 1.165) is 36.8 Å². The second-order valence-electron chi connectivity index (χ2n) is 7.90. The molecule has 1 saturated carbocycles. The Morgan fingerprint density at radius 2 is 1.76 bits per heavy atom. The van der Waals surface area contributed by atoms with Crippen molar-refractivity contribution in [3.05, 3.63) is 23.3 Å². The molecule has 4 amide bonds. The molecule has 2 heterocycles. The molecule has 156 valence electrons. The lowest BCUT2D eigenvalue weighted by atomic mass is 9.94. The molecule has 0 aromatic heterocycles. The number of methoxy groups -OCH3 is 2. The van der Waals surface area contributed by atoms with Gasteiger partial charge in [-0.05, 0) is 36.1 Å². The fourth-order valence-electron chi connectivity index (χ4n) is 4.55. The number of fused-ring (bicyclic) bond motifs is 2. The third-order valence-electron chi connectivity index (χ3n) is 6.15. The van der Waals surface area contributed by atoms with Crippen molar-refractivity contribution < 1.29 is 23.9 Å². The lowest BCUT2D eigenvalue weighted by Crippen LogP contribution is -2.40. The maximum Gasteiger partial charge on any atom is 0.327 e. The van der Waals surface area contributed by atoms with Crippen molar-refractivity contribution in [1.82, 2.24) is 15.1 Å². The minimum absolute atomic E-state index is 0.0971. The molecule has 0 radical (unpaired) electrons. The van der Waals surface area contributed by atoms with Crippen LogP contribution in [0.2, 0.25) is 0 Å². The Morgan fingerprint density at radius 1 is 1.10 bits per heavy atom. The zero-order valence-electron chi connectivity index (χ0n) is 16.9. The predicted molar refractivity (Wildman–Crippen MR) is 105 cm³/mol. The number of imide groups is 1. The molecule has 2 aliphatic heterocycles. The number of rotatable bonds is 6. The average Bonchev–Trinajstić information content (AvgIpc) is 3.31. The van der Waals surface area contributed by atoms with Crippen LogP contribution in [0.25, 0.3) is 0 Å². The van der Waals surface area contributed by atoms with Crippen molar-refractivity contribution in [2.24, 2.45) is 0 Å². The molecule has 2 fully saturated rings. The first kappa shape index (κ1) is 19.5. The molecule has 8 heteroatoms. The Morgan fingerprint density at radius 3 is 2.41 bits per heavy atom. The van der Waals surface area contributed by atoms with Gasteiger partial charge in [0.25, 0.3) is 5.91 Å². The van der Waals surface area contributed by atoms with E-state index < -0.39 is 6.04 Å². The van der Waals surface area contributed by atoms with Crippen LogP contribution in [0, 0.1) is 0 Å². The van der Waals surface area contributed by atoms with Crippen molar-refractivity contribution in [3.63, 3.8) is 0 Å². The fourth-order valence-corrected chi connectivity index (χ4v) is 4.55. The van der Waals surface area contributed by atoms with Gasteiger partial charge in [-0.2, -0.15) is 0 Å². The lowest BCUT2D eigenvalue weighted by Gasteiger charge is -2.29. The SMILES string of the molecule is COc1cc2c(cc1OC)CN1C(=O)N(CCC(=O)NC3CCCC3)C(=O)[C@@H]1C2. The van der Waals surface area contributed by atoms with E-state index in [0.29, 0.717) is 24.5 Å². The van der Waals surface area contributed by atoms with E-state index in [-0.39, 0.29) is 36.9 Å². The minimum atomic E-state index is -0.522. The fraction of sp³-hybridized carbons (Fsp3) is 0.571. The number of carbonyl (C=O) groups is 3. The van der Waals surface area contributed by atoms with Crippen LogP contribution in [0.1, 0.15) is 43.2 Å². The molecule has 4 rings (SSSR count). The van der Waals surface area contributed by atoms with Gasteiger partial charge < -0.3 is 19.7 Å². The topological polar surface area (TPSA) is 88.2 Å². The molecule has 1 aliphatic carbocycles. The number of hydrogen-bond donors (Lipinski definition) is 1. The molecule has 1 N–H and O–H groups in total. The number of benzene rings is 1. The van der Waals surface area contributed by atoms with Gasteiger partial charge in [-0.1, -0.05) is 12.8 Å². The van der Waals surface area contributed by atoms with Crippen LogP contribution >= 0.6 is 0 Å². The highest BCUT2D eigenvalue weighted by Gasteiger charge is 2.47. The van der Waals surface area contributed by atoms with Crippen LogP contribution < -0.4 is 14.8 Å². The van der Waals surface area contributed by atoms with Crippen molar-refractivity contribution >= 4 is 17.8 Å². The normalized spacial score (nSPS) is 21.2. The van der Waals surface area contributed by atoms with E-state index in [4.69, 9.17) is 9.47 Å². The average molecular weight is 401 g/mol. The summed E-state index contributed by atoms with van der Waals surface area (Å²) in [4.78, 5) is 40.7. The summed E-state index contributed by atoms with van der Waals surface area (Å²) in [7, 11) is 3.14. The Hall–Kier alpha value is -2.77. The Balaban J connectivity index is 1.43. The summed E-state index contributed by atoms with van der Waals surface area (Å²) in [6, 6.07) is 3.12. The number of urea groups is 1. The maximum atomic E-state index is 12.9. The van der Waals surface area contributed by atoms with E-state index in [1.165, 1.54) is 4.90 Å². The summed E-state index contributed by atoms with van der Waals surface area (Å²) in [6.07, 6.45) is 4.87. The number of amides is 4. The molecule has 29 heavy (non-hydrogen) atoms. The van der Waals surface area contributed by atoms with Crippen LogP contribution in [-0.2, 0) is 22.6 Å². The number of ether oxygens (including phenoxy) is 2. The molecule has 0 spiro atoms. The maximum absolute atomic E-state index is 12.9. The van der Waals surface area contributed by atoms with Gasteiger partial charge in [0.1, 0.15) is 6.04 Å². The molecule has 0 unspecified atom stereocenters. The second kappa shape index (κ2) is 7.93. The lowest BCUT2D eigenvalue weighted by molar-refractivity contribution is -0.129. The van der Waals surface area contributed by atoms with E-state index >= 15 is 0 Å². The van der Waals surface area contributed by atoms with Crippen molar-refractivity contribution in [2.45, 2.75) is 57.2 Å². The summed E-state index contributed by atoms with van der Waals surface area (Å²) in [6.45, 7) is 0.460. The molecule has 1 saturated heterocycles. The largest absolute Gasteiger partial charge is 0.493 e. The third kappa shape index (κ3) is 3.63. The van der Waals surface area contributed by atoms with E-state index in [2.05, 4.69) is 5.32 Å². The van der Waals surface area contributed by atoms with Crippen LogP contribution in [0.4, 0.5) is 4.79 Å². The highest BCUT2D eigenvalue weighted by atomic mass is 16.5. The smallest absolute Gasteiger partial charge is 0.327 e. The van der Waals surface area contributed by atoms with Gasteiger partial charge in [-0.25, -0.2) is 4.79 Å². The van der Waals surface area contributed by atoms with Crippen LogP contribution in [-0.4, -0.2) is 60.5 Å². The molecule has 1 aromatic rings. The molecule has 0 bridgehead atoms. The van der Waals surface area contributed by atoms with Gasteiger partial charge >= 0.3 is 6.03 Å². The Kier molecular flexibility index (Phi) is 5.34. The van der Waals surface area contributed by atoms with Crippen LogP contribution in [0.15, 0.2) is 12.1 Å². The first-order chi connectivity index (χ1) is 14.0. The van der Waals surface area contributed by atoms with E-state index in [9.17, 15) is 14.4 Å². The summed E-state index contributed by atoms with van der Waals surface area (Å²) in [5.41, 5.74) is 1.92. The highest BCUT2D eigenvalue weighted by Crippen LogP contribution is 2.37. The first-order valence-corrected chi connectivity index (χ1v) is 10.2. The van der Waals surface area contributed by atoms with Gasteiger partial charge in [0.2, 0.25) is 5.91 Å². The zero-order valence-corrected chi connectivity index (χ0v) is 16.9. The monoisotopic (exact) mass is 401 g/mol. The Labute approximate surface area is 170 Å². The number of nitrogens with zero attached hydrogens (tertiary/aromatic N) is 2. The number of hydrogen-bond acceptors (Lipinski definition) is 5. The minimum Gasteiger partial charge on any atom is -0.493 e. The predicted octanol–water partition coefficient (Wildman–Crippen LogP) is 1.84. The molecule has 3 aliphatic rings. The first-order valence-electron chi connectivity index (χ1n) is 10.2. The standard InChI is InChI=1S/C21H27N3O5/c1-28-17-10-13-9-16-20(26)23(8-7-19(25)22-15-5-3-4-6-15)21(27)24(16)12-14(13)11-18(17)29-2/h10-11,15-16H,3-9,12H2,1-2H3,(H,22,25)/t16-/m0/s1. The van der Waals surface area contributed by atoms with E-state index in [1.807, 2.05) is 12.1 Å². The van der Waals surface area contributed by atoms with Gasteiger partial charge in [0, 0.05) is 32.0 Å². The van der Waals surface area contributed by atoms with Gasteiger partial charge in [-0.3, -0.25) is 14.5 Å². The highest BCUT2D eigenvalue weighted by molar-refractivity contribution is 6.05. The van der Waals surface area contributed by atoms with Crippen LogP contribution in [0.5, 0.6) is 11.5 Å². The van der Waals surface area contributed by atoms with Gasteiger partial charge in [0.15, 0.2) is 11.5 Å². The van der Waals surface area contributed by atoms with Crippen molar-refractivity contribution in [3.8, 4) is 11.5 Å². The molecule has 8 nitrogen and oxygen atoms in total. The van der Waals surface area contributed by atoms with Gasteiger partial charge in [-0.15, -0.1) is 0 Å². The molecular formula is C21H27N3O5. The second-order valence-corrected chi connectivity index (χ2v) is 7.90. The summed E-state index contributed by atoms with van der Waals surface area (Å²) in [5.74, 6) is 0.879. The Bertz CT molecular complexity index is 783. The summed E-state index contributed by atoms with van der Waals surface area (Å²) in [5, 5.41) is 3.01. The molecule has 1 atom stereocenters. The quantitative estimate of drug-likeness (QED) is 0.735. The van der Waals surface area contributed by atoms with Crippen molar-refractivity contribution in [2.75, 3.05) is 20.8 Å². The summed E-state index contributed by atoms with van der Waals surface area (Å²) >= 11 is 0. The van der Waals surface area contributed by atoms with Crippen molar-refractivity contribution in [1.29, 1.82) is 0 Å².